The van der Waals surface area contributed by atoms with Crippen LogP contribution >= 0.6 is 0 Å². The zero-order valence-electron chi connectivity index (χ0n) is 11.1. The molecule has 0 aliphatic rings. The minimum Gasteiger partial charge on any atom is -0.494 e. The van der Waals surface area contributed by atoms with Crippen molar-refractivity contribution >= 4 is 11.7 Å². The van der Waals surface area contributed by atoms with Crippen molar-refractivity contribution in [1.82, 2.24) is 15.5 Å². The third-order valence-electron chi connectivity index (χ3n) is 2.78. The normalized spacial score (nSPS) is 11.8. The number of carbonyl (C=O) groups is 1. The van der Waals surface area contributed by atoms with Gasteiger partial charge in [-0.2, -0.15) is 5.10 Å². The van der Waals surface area contributed by atoms with E-state index in [1.165, 1.54) is 25.4 Å². The van der Waals surface area contributed by atoms with Crippen LogP contribution in [0.15, 0.2) is 30.6 Å². The van der Waals surface area contributed by atoms with E-state index in [9.17, 15) is 9.18 Å². The third-order valence-corrected chi connectivity index (χ3v) is 2.78. The minimum atomic E-state index is -0.464. The molecule has 0 fully saturated rings. The molecule has 20 heavy (non-hydrogen) atoms. The molecule has 0 aliphatic heterocycles. The van der Waals surface area contributed by atoms with E-state index in [0.717, 1.165) is 0 Å². The van der Waals surface area contributed by atoms with Crippen LogP contribution in [0, 0.1) is 5.82 Å². The molecule has 1 aromatic heterocycles. The summed E-state index contributed by atoms with van der Waals surface area (Å²) in [4.78, 5) is 11.7. The first-order valence-electron chi connectivity index (χ1n) is 6.00. The summed E-state index contributed by atoms with van der Waals surface area (Å²) in [5, 5.41) is 11.6. The van der Waals surface area contributed by atoms with E-state index in [0.29, 0.717) is 11.3 Å². The largest absolute Gasteiger partial charge is 0.494 e. The highest BCUT2D eigenvalue weighted by molar-refractivity contribution is 5.89. The van der Waals surface area contributed by atoms with Gasteiger partial charge < -0.3 is 15.4 Å². The molecule has 2 rings (SSSR count). The predicted molar refractivity (Wildman–Crippen MR) is 72.1 cm³/mol. The first kappa shape index (κ1) is 13.9. The Kier molecular flexibility index (Phi) is 4.19. The number of aromatic nitrogens is 2. The van der Waals surface area contributed by atoms with Crippen LogP contribution in [-0.4, -0.2) is 23.3 Å². The minimum absolute atomic E-state index is 0.170. The molecule has 0 aliphatic carbocycles. The van der Waals surface area contributed by atoms with Crippen molar-refractivity contribution < 1.29 is 13.9 Å². The van der Waals surface area contributed by atoms with Crippen LogP contribution in [-0.2, 0) is 0 Å². The number of hydrogen-bond acceptors (Lipinski definition) is 3. The summed E-state index contributed by atoms with van der Waals surface area (Å²) >= 11 is 0. The van der Waals surface area contributed by atoms with Gasteiger partial charge in [-0.25, -0.2) is 9.18 Å². The molecule has 1 heterocycles. The summed E-state index contributed by atoms with van der Waals surface area (Å²) < 4.78 is 18.4. The first-order valence-corrected chi connectivity index (χ1v) is 6.00. The maximum atomic E-state index is 13.6. The van der Waals surface area contributed by atoms with E-state index in [1.807, 2.05) is 0 Å². The van der Waals surface area contributed by atoms with Crippen molar-refractivity contribution in [2.75, 3.05) is 12.4 Å². The molecular formula is C13H15FN4O2. The second-order valence-corrected chi connectivity index (χ2v) is 4.20. The maximum absolute atomic E-state index is 13.6. The zero-order chi connectivity index (χ0) is 14.5. The number of benzene rings is 1. The van der Waals surface area contributed by atoms with E-state index < -0.39 is 11.8 Å². The number of anilines is 1. The summed E-state index contributed by atoms with van der Waals surface area (Å²) in [7, 11) is 1.40. The van der Waals surface area contributed by atoms with Crippen LogP contribution < -0.4 is 15.4 Å². The van der Waals surface area contributed by atoms with Gasteiger partial charge in [0.1, 0.15) is 0 Å². The van der Waals surface area contributed by atoms with Gasteiger partial charge in [-0.1, -0.05) is 6.07 Å². The number of halogens is 1. The lowest BCUT2D eigenvalue weighted by Gasteiger charge is -2.15. The Bertz CT molecular complexity index is 586. The summed E-state index contributed by atoms with van der Waals surface area (Å²) in [6.45, 7) is 1.76. The van der Waals surface area contributed by atoms with Crippen molar-refractivity contribution in [2.45, 2.75) is 13.0 Å². The second kappa shape index (κ2) is 6.05. The van der Waals surface area contributed by atoms with E-state index >= 15 is 0 Å². The Morgan fingerprint density at radius 1 is 1.50 bits per heavy atom. The zero-order valence-corrected chi connectivity index (χ0v) is 11.1. The Hall–Kier alpha value is -2.57. The highest BCUT2D eigenvalue weighted by atomic mass is 19.1. The number of rotatable bonds is 4. The molecule has 1 atom stereocenters. The van der Waals surface area contributed by atoms with Gasteiger partial charge in [0.25, 0.3) is 0 Å². The van der Waals surface area contributed by atoms with E-state index in [1.54, 1.807) is 19.2 Å². The molecule has 0 radical (unpaired) electrons. The van der Waals surface area contributed by atoms with Crippen LogP contribution in [0.4, 0.5) is 14.9 Å². The molecule has 0 spiro atoms. The molecule has 2 aromatic rings. The van der Waals surface area contributed by atoms with Crippen molar-refractivity contribution in [1.29, 1.82) is 0 Å². The van der Waals surface area contributed by atoms with Gasteiger partial charge in [-0.15, -0.1) is 0 Å². The average Bonchev–Trinajstić information content (AvgIpc) is 2.91. The third kappa shape index (κ3) is 3.25. The van der Waals surface area contributed by atoms with Crippen LogP contribution in [0.1, 0.15) is 18.5 Å². The quantitative estimate of drug-likeness (QED) is 0.803. The number of ether oxygens (including phenoxy) is 1. The predicted octanol–water partition coefficient (Wildman–Crippen LogP) is 2.44. The number of urea groups is 1. The number of nitrogens with one attached hydrogen (secondary N) is 3. The Morgan fingerprint density at radius 3 is 2.90 bits per heavy atom. The maximum Gasteiger partial charge on any atom is 0.319 e. The Labute approximate surface area is 115 Å². The number of amides is 2. The number of carbonyl (C=O) groups excluding carboxylic acids is 1. The number of hydrogen-bond donors (Lipinski definition) is 3. The number of methoxy groups -OCH3 is 1. The van der Waals surface area contributed by atoms with Crippen molar-refractivity contribution in [3.05, 3.63) is 42.0 Å². The highest BCUT2D eigenvalue weighted by Crippen LogP contribution is 2.21. The molecule has 106 valence electrons. The van der Waals surface area contributed by atoms with Gasteiger partial charge in [0.2, 0.25) is 0 Å². The van der Waals surface area contributed by atoms with Crippen molar-refractivity contribution in [3.63, 3.8) is 0 Å². The molecular weight excluding hydrogens is 263 g/mol. The fourth-order valence-electron chi connectivity index (χ4n) is 1.72. The summed E-state index contributed by atoms with van der Waals surface area (Å²) in [5.74, 6) is -0.294. The molecule has 3 N–H and O–H groups in total. The second-order valence-electron chi connectivity index (χ2n) is 4.20. The molecule has 0 saturated carbocycles. The summed E-state index contributed by atoms with van der Waals surface area (Å²) in [6.07, 6.45) is 3.04. The van der Waals surface area contributed by atoms with Crippen LogP contribution in [0.5, 0.6) is 5.75 Å². The molecule has 1 unspecified atom stereocenters. The fourth-order valence-corrected chi connectivity index (χ4v) is 1.72. The molecule has 0 bridgehead atoms. The lowest BCUT2D eigenvalue weighted by molar-refractivity contribution is 0.249. The van der Waals surface area contributed by atoms with Gasteiger partial charge in [0.15, 0.2) is 11.6 Å². The van der Waals surface area contributed by atoms with E-state index in [2.05, 4.69) is 20.8 Å². The van der Waals surface area contributed by atoms with Gasteiger partial charge in [0, 0.05) is 6.20 Å². The summed E-state index contributed by atoms with van der Waals surface area (Å²) in [5.41, 5.74) is 1.20. The molecule has 6 nitrogen and oxygen atoms in total. The van der Waals surface area contributed by atoms with Gasteiger partial charge in [0.05, 0.1) is 25.0 Å². The topological polar surface area (TPSA) is 79.0 Å². The number of aromatic amines is 1. The van der Waals surface area contributed by atoms with Gasteiger partial charge in [-0.05, 0) is 24.6 Å². The molecule has 2 amide bonds. The van der Waals surface area contributed by atoms with Crippen LogP contribution in [0.2, 0.25) is 0 Å². The van der Waals surface area contributed by atoms with Crippen LogP contribution in [0.3, 0.4) is 0 Å². The lowest BCUT2D eigenvalue weighted by Crippen LogP contribution is -2.31. The lowest BCUT2D eigenvalue weighted by atomic mass is 10.1. The fraction of sp³-hybridized carbons (Fsp3) is 0.231. The summed E-state index contributed by atoms with van der Waals surface area (Å²) in [6, 6.07) is 3.82. The van der Waals surface area contributed by atoms with Crippen molar-refractivity contribution in [2.24, 2.45) is 0 Å². The van der Waals surface area contributed by atoms with Crippen LogP contribution in [0.25, 0.3) is 0 Å². The Balaban J connectivity index is 1.99. The molecule has 1 aromatic carbocycles. The smallest absolute Gasteiger partial charge is 0.319 e. The van der Waals surface area contributed by atoms with Gasteiger partial charge in [-0.3, -0.25) is 5.10 Å². The average molecular weight is 278 g/mol. The molecule has 7 heteroatoms. The standard InChI is InChI=1S/C13H15FN4O2/c1-8(9-3-4-12(20-2)11(14)5-9)17-13(19)18-10-6-15-16-7-10/h3-8H,1-2H3,(H,15,16)(H2,17,18,19). The highest BCUT2D eigenvalue weighted by Gasteiger charge is 2.12. The van der Waals surface area contributed by atoms with Crippen molar-refractivity contribution in [3.8, 4) is 5.75 Å². The SMILES string of the molecule is COc1ccc(C(C)NC(=O)Nc2cn[nH]c2)cc1F. The van der Waals surface area contributed by atoms with E-state index in [4.69, 9.17) is 4.74 Å². The number of H-pyrrole nitrogens is 1. The first-order chi connectivity index (χ1) is 9.60. The molecule has 0 saturated heterocycles. The Morgan fingerprint density at radius 2 is 2.30 bits per heavy atom. The van der Waals surface area contributed by atoms with E-state index in [-0.39, 0.29) is 11.8 Å². The van der Waals surface area contributed by atoms with Gasteiger partial charge >= 0.3 is 6.03 Å². The number of nitrogens with zero attached hydrogens (tertiary/aromatic N) is 1. The monoisotopic (exact) mass is 278 g/mol.